The molecule has 1 amide bonds. The highest BCUT2D eigenvalue weighted by Crippen LogP contribution is 2.38. The molecule has 2 atom stereocenters. The van der Waals surface area contributed by atoms with Crippen molar-refractivity contribution in [2.75, 3.05) is 5.32 Å². The Morgan fingerprint density at radius 2 is 2.00 bits per heavy atom. The molecule has 2 aromatic heterocycles. The fourth-order valence-electron chi connectivity index (χ4n) is 4.48. The number of nitrogens with zero attached hydrogens (tertiary/aromatic N) is 3. The minimum absolute atomic E-state index is 0.0280. The highest BCUT2D eigenvalue weighted by Gasteiger charge is 2.32. The number of aromatic nitrogens is 3. The Hall–Kier alpha value is -4.08. The summed E-state index contributed by atoms with van der Waals surface area (Å²) in [5.41, 5.74) is 0.705. The second kappa shape index (κ2) is 11.1. The van der Waals surface area contributed by atoms with Gasteiger partial charge in [-0.25, -0.2) is 14.5 Å². The molecule has 3 aromatic rings. The van der Waals surface area contributed by atoms with Gasteiger partial charge in [0.25, 0.3) is 0 Å². The highest BCUT2D eigenvalue weighted by molar-refractivity contribution is 5.83. The minimum atomic E-state index is -0.382. The van der Waals surface area contributed by atoms with Gasteiger partial charge >= 0.3 is 6.09 Å². The van der Waals surface area contributed by atoms with Crippen LogP contribution in [0.1, 0.15) is 75.9 Å². The van der Waals surface area contributed by atoms with Crippen molar-refractivity contribution < 1.29 is 24.2 Å². The van der Waals surface area contributed by atoms with Gasteiger partial charge in [-0.3, -0.25) is 4.79 Å². The van der Waals surface area contributed by atoms with Crippen LogP contribution >= 0.6 is 0 Å². The monoisotopic (exact) mass is 521 g/mol. The van der Waals surface area contributed by atoms with Crippen molar-refractivity contribution in [3.05, 3.63) is 53.9 Å². The molecule has 2 heterocycles. The number of benzene rings is 1. The number of phenolic OH excluding ortho intramolecular Hbond substituents is 1. The molecule has 1 saturated carbocycles. The van der Waals surface area contributed by atoms with Crippen LogP contribution in [0.4, 0.5) is 16.4 Å². The average molecular weight is 522 g/mol. The van der Waals surface area contributed by atoms with Crippen LogP contribution in [0.2, 0.25) is 0 Å². The SMILES string of the molecule is CC(C)NC(=O)O[C@@H]1CC[C@H](c2cc(Nc3cc(Oc4cccc(O)c4C=O)ccn3)n(C(C)(C)C)n2)C1. The Labute approximate surface area is 222 Å². The second-order valence-corrected chi connectivity index (χ2v) is 10.8. The quantitative estimate of drug-likeness (QED) is 0.315. The third-order valence-electron chi connectivity index (χ3n) is 6.22. The van der Waals surface area contributed by atoms with Gasteiger partial charge in [0.05, 0.1) is 16.8 Å². The van der Waals surface area contributed by atoms with E-state index in [-0.39, 0.29) is 46.8 Å². The molecule has 4 rings (SSSR count). The molecule has 1 aromatic carbocycles. The maximum absolute atomic E-state index is 12.0. The van der Waals surface area contributed by atoms with Crippen molar-refractivity contribution in [1.82, 2.24) is 20.1 Å². The van der Waals surface area contributed by atoms with Crippen LogP contribution in [0, 0.1) is 0 Å². The molecule has 0 unspecified atom stereocenters. The molecular formula is C28H35N5O5. The van der Waals surface area contributed by atoms with Crippen LogP contribution in [0.25, 0.3) is 0 Å². The van der Waals surface area contributed by atoms with E-state index < -0.39 is 0 Å². The number of aldehydes is 1. The molecule has 1 fully saturated rings. The number of amides is 1. The number of phenols is 1. The standard InChI is InChI=1S/C28H35N5O5/c1-17(2)30-27(36)38-19-10-9-18(13-19)22-15-26(33(32-22)28(3,4)5)31-25-14-20(11-12-29-25)37-24-8-6-7-23(35)21(24)16-34/h6-8,11-12,14-19,35H,9-10,13H2,1-5H3,(H,29,31)(H,30,36)/t18-,19+/m0/s1. The zero-order chi connectivity index (χ0) is 27.4. The Kier molecular flexibility index (Phi) is 7.89. The molecule has 0 saturated heterocycles. The van der Waals surface area contributed by atoms with Crippen LogP contribution in [0.15, 0.2) is 42.6 Å². The number of nitrogens with one attached hydrogen (secondary N) is 2. The summed E-state index contributed by atoms with van der Waals surface area (Å²) in [6, 6.07) is 10.1. The molecule has 38 heavy (non-hydrogen) atoms. The summed E-state index contributed by atoms with van der Waals surface area (Å²) in [6.07, 6.45) is 4.03. The summed E-state index contributed by atoms with van der Waals surface area (Å²) in [4.78, 5) is 27.9. The van der Waals surface area contributed by atoms with E-state index in [1.807, 2.05) is 24.6 Å². The molecule has 10 nitrogen and oxygen atoms in total. The lowest BCUT2D eigenvalue weighted by Gasteiger charge is -2.22. The van der Waals surface area contributed by atoms with E-state index in [0.29, 0.717) is 17.9 Å². The van der Waals surface area contributed by atoms with Gasteiger partial charge in [-0.05, 0) is 72.1 Å². The van der Waals surface area contributed by atoms with Crippen molar-refractivity contribution in [2.24, 2.45) is 0 Å². The minimum Gasteiger partial charge on any atom is -0.507 e. The highest BCUT2D eigenvalue weighted by atomic mass is 16.6. The van der Waals surface area contributed by atoms with Crippen LogP contribution < -0.4 is 15.4 Å². The summed E-state index contributed by atoms with van der Waals surface area (Å²) >= 11 is 0. The fraction of sp³-hybridized carbons (Fsp3) is 0.429. The van der Waals surface area contributed by atoms with Gasteiger partial charge < -0.3 is 25.2 Å². The molecule has 0 aliphatic heterocycles. The number of aromatic hydroxyl groups is 1. The average Bonchev–Trinajstić information content (AvgIpc) is 3.46. The van der Waals surface area contributed by atoms with E-state index in [2.05, 4.69) is 36.4 Å². The van der Waals surface area contributed by atoms with E-state index in [9.17, 15) is 14.7 Å². The predicted octanol–water partition coefficient (Wildman–Crippen LogP) is 5.86. The first-order valence-electron chi connectivity index (χ1n) is 12.8. The molecule has 3 N–H and O–H groups in total. The number of alkyl carbamates (subject to hydrolysis) is 1. The van der Waals surface area contributed by atoms with Crippen molar-refractivity contribution >= 4 is 24.0 Å². The van der Waals surface area contributed by atoms with Gasteiger partial charge in [-0.1, -0.05) is 6.07 Å². The molecular weight excluding hydrogens is 486 g/mol. The molecule has 1 aliphatic rings. The largest absolute Gasteiger partial charge is 0.507 e. The zero-order valence-corrected chi connectivity index (χ0v) is 22.4. The number of anilines is 2. The smallest absolute Gasteiger partial charge is 0.407 e. The van der Waals surface area contributed by atoms with Crippen LogP contribution in [-0.2, 0) is 10.3 Å². The first-order chi connectivity index (χ1) is 18.0. The van der Waals surface area contributed by atoms with Gasteiger partial charge in [0.15, 0.2) is 6.29 Å². The number of pyridine rings is 1. The summed E-state index contributed by atoms with van der Waals surface area (Å²) < 4.78 is 13.4. The van der Waals surface area contributed by atoms with E-state index in [1.165, 1.54) is 6.07 Å². The first-order valence-corrected chi connectivity index (χ1v) is 12.8. The Morgan fingerprint density at radius 3 is 2.71 bits per heavy atom. The summed E-state index contributed by atoms with van der Waals surface area (Å²) in [6.45, 7) is 10.0. The number of hydrogen-bond donors (Lipinski definition) is 3. The lowest BCUT2D eigenvalue weighted by atomic mass is 10.0. The zero-order valence-electron chi connectivity index (χ0n) is 22.4. The molecule has 0 radical (unpaired) electrons. The molecule has 1 aliphatic carbocycles. The van der Waals surface area contributed by atoms with Crippen molar-refractivity contribution in [1.29, 1.82) is 0 Å². The van der Waals surface area contributed by atoms with E-state index in [0.717, 1.165) is 30.8 Å². The van der Waals surface area contributed by atoms with Gasteiger partial charge in [0.1, 0.15) is 35.0 Å². The van der Waals surface area contributed by atoms with E-state index in [1.54, 1.807) is 30.5 Å². The lowest BCUT2D eigenvalue weighted by Crippen LogP contribution is -2.33. The van der Waals surface area contributed by atoms with Gasteiger partial charge in [0, 0.05) is 30.3 Å². The number of ether oxygens (including phenoxy) is 2. The Balaban J connectivity index is 1.52. The molecule has 0 bridgehead atoms. The van der Waals surface area contributed by atoms with E-state index in [4.69, 9.17) is 14.6 Å². The van der Waals surface area contributed by atoms with E-state index >= 15 is 0 Å². The van der Waals surface area contributed by atoms with Crippen LogP contribution in [0.5, 0.6) is 17.2 Å². The summed E-state index contributed by atoms with van der Waals surface area (Å²) in [5, 5.41) is 21.0. The fourth-order valence-corrected chi connectivity index (χ4v) is 4.48. The molecule has 0 spiro atoms. The van der Waals surface area contributed by atoms with Crippen molar-refractivity contribution in [3.63, 3.8) is 0 Å². The summed E-state index contributed by atoms with van der Waals surface area (Å²) in [5.74, 6) is 2.03. The third kappa shape index (κ3) is 6.42. The second-order valence-electron chi connectivity index (χ2n) is 10.8. The molecule has 10 heteroatoms. The maximum atomic E-state index is 12.0. The van der Waals surface area contributed by atoms with Crippen LogP contribution in [0.3, 0.4) is 0 Å². The first kappa shape index (κ1) is 27.0. The predicted molar refractivity (Wildman–Crippen MR) is 143 cm³/mol. The van der Waals surface area contributed by atoms with Crippen molar-refractivity contribution in [3.8, 4) is 17.2 Å². The normalized spacial score (nSPS) is 17.3. The van der Waals surface area contributed by atoms with Crippen molar-refractivity contribution in [2.45, 2.75) is 77.5 Å². The maximum Gasteiger partial charge on any atom is 0.407 e. The number of rotatable bonds is 8. The number of carbonyl (C=O) groups is 2. The van der Waals surface area contributed by atoms with Crippen LogP contribution in [-0.4, -0.2) is 44.4 Å². The number of carbonyl (C=O) groups excluding carboxylic acids is 2. The van der Waals surface area contributed by atoms with Gasteiger partial charge in [-0.15, -0.1) is 0 Å². The Morgan fingerprint density at radius 1 is 1.21 bits per heavy atom. The third-order valence-corrected chi connectivity index (χ3v) is 6.22. The summed E-state index contributed by atoms with van der Waals surface area (Å²) in [7, 11) is 0. The number of hydrogen-bond acceptors (Lipinski definition) is 8. The lowest BCUT2D eigenvalue weighted by molar-refractivity contribution is 0.0981. The van der Waals surface area contributed by atoms with Gasteiger partial charge in [0.2, 0.25) is 0 Å². The molecule has 202 valence electrons. The topological polar surface area (TPSA) is 128 Å². The Bertz CT molecular complexity index is 1300. The van der Waals surface area contributed by atoms with Gasteiger partial charge in [-0.2, -0.15) is 5.10 Å².